The minimum absolute atomic E-state index is 0.148. The van der Waals surface area contributed by atoms with Crippen LogP contribution < -0.4 is 4.90 Å². The Morgan fingerprint density at radius 1 is 1.20 bits per heavy atom. The van der Waals surface area contributed by atoms with E-state index < -0.39 is 0 Å². The second-order valence-corrected chi connectivity index (χ2v) is 6.28. The summed E-state index contributed by atoms with van der Waals surface area (Å²) in [5.74, 6) is 0.558. The third kappa shape index (κ3) is 2.84. The molecule has 1 saturated heterocycles. The lowest BCUT2D eigenvalue weighted by atomic mass is 10.1. The number of furan rings is 1. The largest absolute Gasteiger partial charge is 0.456 e. The summed E-state index contributed by atoms with van der Waals surface area (Å²) < 4.78 is 19.1. The van der Waals surface area contributed by atoms with Crippen LogP contribution in [0.3, 0.4) is 0 Å². The summed E-state index contributed by atoms with van der Waals surface area (Å²) in [6.45, 7) is 4.56. The van der Waals surface area contributed by atoms with Crippen molar-refractivity contribution in [2.75, 3.05) is 11.4 Å². The summed E-state index contributed by atoms with van der Waals surface area (Å²) in [6, 6.07) is 12.2. The van der Waals surface area contributed by atoms with Gasteiger partial charge in [0.15, 0.2) is 0 Å². The first kappa shape index (κ1) is 15.6. The van der Waals surface area contributed by atoms with Crippen molar-refractivity contribution in [1.82, 2.24) is 0 Å². The molecule has 0 spiro atoms. The molecule has 1 aromatic heterocycles. The van der Waals surface area contributed by atoms with Crippen molar-refractivity contribution in [2.45, 2.75) is 19.3 Å². The maximum absolute atomic E-state index is 13.1. The highest BCUT2D eigenvalue weighted by molar-refractivity contribution is 5.98. The monoisotopic (exact) mass is 335 g/mol. The van der Waals surface area contributed by atoms with Crippen molar-refractivity contribution in [3.63, 3.8) is 0 Å². The van der Waals surface area contributed by atoms with Gasteiger partial charge < -0.3 is 9.32 Å². The zero-order valence-electron chi connectivity index (χ0n) is 13.8. The molecular formula is C21H18FNO2. The van der Waals surface area contributed by atoms with Crippen LogP contribution in [-0.2, 0) is 11.2 Å². The Bertz CT molecular complexity index is 956. The zero-order chi connectivity index (χ0) is 17.4. The van der Waals surface area contributed by atoms with Crippen LogP contribution in [0.25, 0.3) is 22.3 Å². The summed E-state index contributed by atoms with van der Waals surface area (Å²) in [5.41, 5.74) is 3.50. The Hall–Kier alpha value is -2.88. The predicted octanol–water partition coefficient (Wildman–Crippen LogP) is 5.09. The van der Waals surface area contributed by atoms with Crippen molar-refractivity contribution in [3.05, 3.63) is 66.5 Å². The van der Waals surface area contributed by atoms with E-state index in [0.717, 1.165) is 40.7 Å². The van der Waals surface area contributed by atoms with E-state index in [1.807, 2.05) is 23.1 Å². The summed E-state index contributed by atoms with van der Waals surface area (Å²) >= 11 is 0. The van der Waals surface area contributed by atoms with Gasteiger partial charge in [0.1, 0.15) is 17.2 Å². The molecule has 1 aliphatic rings. The van der Waals surface area contributed by atoms with Crippen LogP contribution in [0.15, 0.2) is 59.5 Å². The Morgan fingerprint density at radius 3 is 2.68 bits per heavy atom. The van der Waals surface area contributed by atoms with E-state index >= 15 is 0 Å². The van der Waals surface area contributed by atoms with Gasteiger partial charge in [0.05, 0.1) is 5.69 Å². The van der Waals surface area contributed by atoms with Gasteiger partial charge in [-0.05, 0) is 54.8 Å². The number of anilines is 1. The average molecular weight is 335 g/mol. The van der Waals surface area contributed by atoms with Crippen LogP contribution in [0.2, 0.25) is 0 Å². The van der Waals surface area contributed by atoms with Crippen molar-refractivity contribution in [1.29, 1.82) is 0 Å². The first-order chi connectivity index (χ1) is 12.2. The first-order valence-electron chi connectivity index (χ1n) is 8.39. The number of rotatable bonds is 4. The van der Waals surface area contributed by atoms with Crippen LogP contribution in [0.1, 0.15) is 18.4 Å². The minimum atomic E-state index is -0.275. The second-order valence-electron chi connectivity index (χ2n) is 6.28. The Balaban J connectivity index is 1.82. The molecule has 25 heavy (non-hydrogen) atoms. The van der Waals surface area contributed by atoms with E-state index in [4.69, 9.17) is 4.42 Å². The van der Waals surface area contributed by atoms with Gasteiger partial charge in [0.25, 0.3) is 0 Å². The van der Waals surface area contributed by atoms with E-state index in [9.17, 15) is 9.18 Å². The van der Waals surface area contributed by atoms with Gasteiger partial charge in [0.2, 0.25) is 5.91 Å². The number of nitrogens with zero attached hydrogens (tertiary/aromatic N) is 1. The van der Waals surface area contributed by atoms with Crippen molar-refractivity contribution >= 4 is 22.6 Å². The van der Waals surface area contributed by atoms with E-state index in [1.54, 1.807) is 12.1 Å². The van der Waals surface area contributed by atoms with Gasteiger partial charge in [-0.15, -0.1) is 6.58 Å². The molecule has 0 aliphatic carbocycles. The predicted molar refractivity (Wildman–Crippen MR) is 97.1 cm³/mol. The van der Waals surface area contributed by atoms with Crippen LogP contribution in [0, 0.1) is 5.82 Å². The SMILES string of the molecule is C=CCc1cc2cc(-c3ccc(F)cc3)oc2cc1N1CCCC1=O. The number of carbonyl (C=O) groups excluding carboxylic acids is 1. The number of hydrogen-bond acceptors (Lipinski definition) is 2. The molecule has 4 rings (SSSR count). The number of carbonyl (C=O) groups is 1. The lowest BCUT2D eigenvalue weighted by Crippen LogP contribution is -2.24. The Morgan fingerprint density at radius 2 is 2.00 bits per heavy atom. The quantitative estimate of drug-likeness (QED) is 0.622. The molecule has 126 valence electrons. The highest BCUT2D eigenvalue weighted by atomic mass is 19.1. The molecule has 0 atom stereocenters. The molecule has 3 aromatic rings. The van der Waals surface area contributed by atoms with E-state index in [-0.39, 0.29) is 11.7 Å². The molecule has 1 amide bonds. The molecule has 0 saturated carbocycles. The van der Waals surface area contributed by atoms with Crippen LogP contribution in [0.5, 0.6) is 0 Å². The molecule has 4 heteroatoms. The first-order valence-corrected chi connectivity index (χ1v) is 8.39. The fourth-order valence-electron chi connectivity index (χ4n) is 3.35. The number of fused-ring (bicyclic) bond motifs is 1. The van der Waals surface area contributed by atoms with Gasteiger partial charge in [-0.2, -0.15) is 0 Å². The minimum Gasteiger partial charge on any atom is -0.456 e. The van der Waals surface area contributed by atoms with E-state index in [2.05, 4.69) is 12.6 Å². The molecule has 0 radical (unpaired) electrons. The lowest BCUT2D eigenvalue weighted by molar-refractivity contribution is -0.117. The lowest BCUT2D eigenvalue weighted by Gasteiger charge is -2.19. The molecule has 0 bridgehead atoms. The summed E-state index contributed by atoms with van der Waals surface area (Å²) in [7, 11) is 0. The highest BCUT2D eigenvalue weighted by Crippen LogP contribution is 2.35. The Kier molecular flexibility index (Phi) is 3.88. The smallest absolute Gasteiger partial charge is 0.227 e. The molecule has 0 unspecified atom stereocenters. The molecule has 2 heterocycles. The second kappa shape index (κ2) is 6.20. The maximum Gasteiger partial charge on any atom is 0.227 e. The van der Waals surface area contributed by atoms with Gasteiger partial charge >= 0.3 is 0 Å². The van der Waals surface area contributed by atoms with Crippen molar-refractivity contribution in [3.8, 4) is 11.3 Å². The topological polar surface area (TPSA) is 33.5 Å². The fraction of sp³-hybridized carbons (Fsp3) is 0.190. The van der Waals surface area contributed by atoms with E-state index in [1.165, 1.54) is 12.1 Å². The normalized spacial score (nSPS) is 14.4. The fourth-order valence-corrected chi connectivity index (χ4v) is 3.35. The molecule has 3 nitrogen and oxygen atoms in total. The molecular weight excluding hydrogens is 317 g/mol. The number of hydrogen-bond donors (Lipinski definition) is 0. The molecule has 2 aromatic carbocycles. The number of benzene rings is 2. The average Bonchev–Trinajstić information content (AvgIpc) is 3.20. The summed E-state index contributed by atoms with van der Waals surface area (Å²) in [6.07, 6.45) is 3.99. The number of amides is 1. The Labute approximate surface area is 145 Å². The number of halogens is 1. The number of allylic oxidation sites excluding steroid dienone is 1. The highest BCUT2D eigenvalue weighted by Gasteiger charge is 2.24. The van der Waals surface area contributed by atoms with Gasteiger partial charge in [-0.3, -0.25) is 4.79 Å². The summed E-state index contributed by atoms with van der Waals surface area (Å²) in [4.78, 5) is 14.0. The summed E-state index contributed by atoms with van der Waals surface area (Å²) in [5, 5.41) is 0.964. The van der Waals surface area contributed by atoms with Gasteiger partial charge in [-0.25, -0.2) is 4.39 Å². The van der Waals surface area contributed by atoms with Crippen molar-refractivity contribution in [2.24, 2.45) is 0 Å². The molecule has 1 aliphatic heterocycles. The van der Waals surface area contributed by atoms with Gasteiger partial charge in [-0.1, -0.05) is 6.08 Å². The van der Waals surface area contributed by atoms with E-state index in [0.29, 0.717) is 18.6 Å². The molecule has 1 fully saturated rings. The van der Waals surface area contributed by atoms with Crippen LogP contribution in [-0.4, -0.2) is 12.5 Å². The standard InChI is InChI=1S/C21H18FNO2/c1-2-4-15-11-16-12-19(14-6-8-17(22)9-7-14)25-20(16)13-18(15)23-10-3-5-21(23)24/h2,6-9,11-13H,1,3-5,10H2. The van der Waals surface area contributed by atoms with Crippen LogP contribution >= 0.6 is 0 Å². The molecule has 0 N–H and O–H groups in total. The third-order valence-electron chi connectivity index (χ3n) is 4.57. The van der Waals surface area contributed by atoms with Gasteiger partial charge in [0, 0.05) is 30.0 Å². The maximum atomic E-state index is 13.1. The van der Waals surface area contributed by atoms with Crippen molar-refractivity contribution < 1.29 is 13.6 Å². The zero-order valence-corrected chi connectivity index (χ0v) is 13.8. The van der Waals surface area contributed by atoms with Crippen LogP contribution in [0.4, 0.5) is 10.1 Å². The third-order valence-corrected chi connectivity index (χ3v) is 4.57.